The standard InChI is InChI=1S/C13H22N2O3/c1-13(7-3-2-4-8-13)15-12(18)14-10(11(16)17)9-5-6-9/h9-10H,2-8H2,1H3,(H,16,17)(H2,14,15,18). The molecule has 0 aromatic carbocycles. The fourth-order valence-electron chi connectivity index (χ4n) is 2.72. The fourth-order valence-corrected chi connectivity index (χ4v) is 2.72. The third-order valence-corrected chi connectivity index (χ3v) is 4.02. The number of amides is 2. The summed E-state index contributed by atoms with van der Waals surface area (Å²) in [5, 5.41) is 14.6. The summed E-state index contributed by atoms with van der Waals surface area (Å²) in [6.45, 7) is 2.04. The average Bonchev–Trinajstić information content (AvgIpc) is 3.09. The molecule has 0 aromatic rings. The monoisotopic (exact) mass is 254 g/mol. The maximum Gasteiger partial charge on any atom is 0.326 e. The van der Waals surface area contributed by atoms with Crippen molar-refractivity contribution < 1.29 is 14.7 Å². The van der Waals surface area contributed by atoms with E-state index >= 15 is 0 Å². The fraction of sp³-hybridized carbons (Fsp3) is 0.846. The zero-order valence-electron chi connectivity index (χ0n) is 10.9. The van der Waals surface area contributed by atoms with Gasteiger partial charge in [0.25, 0.3) is 0 Å². The lowest BCUT2D eigenvalue weighted by atomic mass is 9.83. The Morgan fingerprint density at radius 1 is 1.22 bits per heavy atom. The van der Waals surface area contributed by atoms with Crippen LogP contribution in [0.2, 0.25) is 0 Å². The largest absolute Gasteiger partial charge is 0.480 e. The molecule has 0 aliphatic heterocycles. The Labute approximate surface area is 107 Å². The summed E-state index contributed by atoms with van der Waals surface area (Å²) in [4.78, 5) is 22.9. The third-order valence-electron chi connectivity index (χ3n) is 4.02. The molecule has 0 bridgehead atoms. The zero-order valence-corrected chi connectivity index (χ0v) is 10.9. The topological polar surface area (TPSA) is 78.4 Å². The van der Waals surface area contributed by atoms with Crippen LogP contribution in [0.1, 0.15) is 51.9 Å². The molecule has 1 atom stereocenters. The van der Waals surface area contributed by atoms with Crippen LogP contribution in [0.4, 0.5) is 4.79 Å². The first-order valence-corrected chi connectivity index (χ1v) is 6.82. The summed E-state index contributed by atoms with van der Waals surface area (Å²) in [5.41, 5.74) is -0.172. The SMILES string of the molecule is CC1(NC(=O)NC(C(=O)O)C2CC2)CCCCC1. The molecule has 0 spiro atoms. The zero-order chi connectivity index (χ0) is 13.2. The highest BCUT2D eigenvalue weighted by atomic mass is 16.4. The van der Waals surface area contributed by atoms with Gasteiger partial charge in [0, 0.05) is 5.54 Å². The second kappa shape index (κ2) is 5.16. The van der Waals surface area contributed by atoms with Crippen molar-refractivity contribution in [3.05, 3.63) is 0 Å². The molecular weight excluding hydrogens is 232 g/mol. The van der Waals surface area contributed by atoms with Gasteiger partial charge in [0.1, 0.15) is 6.04 Å². The Morgan fingerprint density at radius 3 is 2.33 bits per heavy atom. The molecule has 0 heterocycles. The van der Waals surface area contributed by atoms with Crippen molar-refractivity contribution in [1.82, 2.24) is 10.6 Å². The lowest BCUT2D eigenvalue weighted by Gasteiger charge is -2.34. The first-order chi connectivity index (χ1) is 8.50. The molecule has 5 heteroatoms. The van der Waals surface area contributed by atoms with E-state index in [1.165, 1.54) is 6.42 Å². The third kappa shape index (κ3) is 3.37. The van der Waals surface area contributed by atoms with Crippen molar-refractivity contribution in [2.75, 3.05) is 0 Å². The van der Waals surface area contributed by atoms with Crippen LogP contribution in [-0.4, -0.2) is 28.7 Å². The smallest absolute Gasteiger partial charge is 0.326 e. The number of nitrogens with one attached hydrogen (secondary N) is 2. The Hall–Kier alpha value is -1.26. The number of hydrogen-bond acceptors (Lipinski definition) is 2. The number of carbonyl (C=O) groups is 2. The van der Waals surface area contributed by atoms with E-state index in [0.717, 1.165) is 38.5 Å². The number of urea groups is 1. The predicted octanol–water partition coefficient (Wildman–Crippen LogP) is 1.87. The van der Waals surface area contributed by atoms with Crippen molar-refractivity contribution in [2.24, 2.45) is 5.92 Å². The van der Waals surface area contributed by atoms with Crippen LogP contribution >= 0.6 is 0 Å². The number of carbonyl (C=O) groups excluding carboxylic acids is 1. The van der Waals surface area contributed by atoms with Gasteiger partial charge in [-0.05, 0) is 38.5 Å². The van der Waals surface area contributed by atoms with Gasteiger partial charge in [-0.2, -0.15) is 0 Å². The van der Waals surface area contributed by atoms with Crippen molar-refractivity contribution in [3.8, 4) is 0 Å². The lowest BCUT2D eigenvalue weighted by Crippen LogP contribution is -2.55. The predicted molar refractivity (Wildman–Crippen MR) is 67.3 cm³/mol. The van der Waals surface area contributed by atoms with Crippen LogP contribution in [0.15, 0.2) is 0 Å². The van der Waals surface area contributed by atoms with Gasteiger partial charge in [-0.15, -0.1) is 0 Å². The molecule has 2 saturated carbocycles. The molecule has 2 aliphatic carbocycles. The van der Waals surface area contributed by atoms with Gasteiger partial charge in [-0.3, -0.25) is 0 Å². The lowest BCUT2D eigenvalue weighted by molar-refractivity contribution is -0.139. The molecule has 102 valence electrons. The van der Waals surface area contributed by atoms with Crippen LogP contribution in [0.3, 0.4) is 0 Å². The van der Waals surface area contributed by atoms with Crippen LogP contribution < -0.4 is 10.6 Å². The first kappa shape index (κ1) is 13.2. The second-order valence-electron chi connectivity index (χ2n) is 5.87. The summed E-state index contributed by atoms with van der Waals surface area (Å²) in [7, 11) is 0. The number of carboxylic acid groups (broad SMARTS) is 1. The van der Waals surface area contributed by atoms with E-state index in [1.807, 2.05) is 6.92 Å². The second-order valence-corrected chi connectivity index (χ2v) is 5.87. The number of rotatable bonds is 4. The number of hydrogen-bond donors (Lipinski definition) is 3. The Bertz CT molecular complexity index is 333. The van der Waals surface area contributed by atoms with E-state index in [0.29, 0.717) is 0 Å². The Balaban J connectivity index is 1.85. The number of carboxylic acids is 1. The van der Waals surface area contributed by atoms with Gasteiger partial charge in [-0.1, -0.05) is 19.3 Å². The highest BCUT2D eigenvalue weighted by Gasteiger charge is 2.38. The molecule has 0 saturated heterocycles. The van der Waals surface area contributed by atoms with Crippen LogP contribution in [0.5, 0.6) is 0 Å². The van der Waals surface area contributed by atoms with E-state index in [4.69, 9.17) is 5.11 Å². The van der Waals surface area contributed by atoms with Gasteiger partial charge >= 0.3 is 12.0 Å². The molecule has 5 nitrogen and oxygen atoms in total. The van der Waals surface area contributed by atoms with Crippen LogP contribution in [0, 0.1) is 5.92 Å². The van der Waals surface area contributed by atoms with Crippen molar-refractivity contribution in [3.63, 3.8) is 0 Å². The van der Waals surface area contributed by atoms with Gasteiger partial charge in [0.15, 0.2) is 0 Å². The molecular formula is C13H22N2O3. The van der Waals surface area contributed by atoms with Crippen LogP contribution in [-0.2, 0) is 4.79 Å². The minimum Gasteiger partial charge on any atom is -0.480 e. The van der Waals surface area contributed by atoms with Crippen LogP contribution in [0.25, 0.3) is 0 Å². The summed E-state index contributed by atoms with van der Waals surface area (Å²) in [5.74, 6) is -0.811. The van der Waals surface area contributed by atoms with E-state index in [1.54, 1.807) is 0 Å². The molecule has 1 unspecified atom stereocenters. The molecule has 2 amide bonds. The van der Waals surface area contributed by atoms with Gasteiger partial charge < -0.3 is 15.7 Å². The minimum atomic E-state index is -0.929. The van der Waals surface area contributed by atoms with E-state index in [9.17, 15) is 9.59 Å². The quantitative estimate of drug-likeness (QED) is 0.716. The van der Waals surface area contributed by atoms with Crippen molar-refractivity contribution in [2.45, 2.75) is 63.5 Å². The molecule has 2 rings (SSSR count). The molecule has 2 fully saturated rings. The summed E-state index contributed by atoms with van der Waals surface area (Å²) < 4.78 is 0. The Kier molecular flexibility index (Phi) is 3.78. The Morgan fingerprint density at radius 2 is 1.83 bits per heavy atom. The number of aliphatic carboxylic acids is 1. The summed E-state index contributed by atoms with van der Waals surface area (Å²) in [6.07, 6.45) is 7.22. The summed E-state index contributed by atoms with van der Waals surface area (Å²) in [6, 6.07) is -1.06. The highest BCUT2D eigenvalue weighted by molar-refractivity contribution is 5.83. The van der Waals surface area contributed by atoms with E-state index in [2.05, 4.69) is 10.6 Å². The van der Waals surface area contributed by atoms with Gasteiger partial charge in [0.2, 0.25) is 0 Å². The van der Waals surface area contributed by atoms with Crippen molar-refractivity contribution in [1.29, 1.82) is 0 Å². The molecule has 0 radical (unpaired) electrons. The molecule has 2 aliphatic rings. The molecule has 18 heavy (non-hydrogen) atoms. The summed E-state index contributed by atoms with van der Waals surface area (Å²) >= 11 is 0. The van der Waals surface area contributed by atoms with Crippen molar-refractivity contribution >= 4 is 12.0 Å². The molecule has 0 aromatic heterocycles. The average molecular weight is 254 g/mol. The van der Waals surface area contributed by atoms with E-state index in [-0.39, 0.29) is 17.5 Å². The van der Waals surface area contributed by atoms with E-state index < -0.39 is 12.0 Å². The highest BCUT2D eigenvalue weighted by Crippen LogP contribution is 2.33. The first-order valence-electron chi connectivity index (χ1n) is 6.82. The normalized spacial score (nSPS) is 24.1. The maximum atomic E-state index is 11.9. The van der Waals surface area contributed by atoms with Gasteiger partial charge in [0.05, 0.1) is 0 Å². The minimum absolute atomic E-state index is 0.118. The maximum absolute atomic E-state index is 11.9. The van der Waals surface area contributed by atoms with Gasteiger partial charge in [-0.25, -0.2) is 9.59 Å². The molecule has 3 N–H and O–H groups in total.